The molecule has 1 aliphatic heterocycles. The molecule has 4 atom stereocenters. The second kappa shape index (κ2) is 15.0. The molecule has 7 heteroatoms. The lowest BCUT2D eigenvalue weighted by Crippen LogP contribution is -2.62. The molecule has 4 aromatic rings. The van der Waals surface area contributed by atoms with Gasteiger partial charge in [-0.1, -0.05) is 107 Å². The van der Waals surface area contributed by atoms with E-state index in [1.54, 1.807) is 0 Å². The predicted octanol–water partition coefficient (Wildman–Crippen LogP) is 7.73. The maximum atomic E-state index is 14.7. The number of hydrogen-bond acceptors (Lipinski definition) is 4. The molecule has 1 aliphatic rings. The van der Waals surface area contributed by atoms with E-state index < -0.39 is 11.6 Å². The van der Waals surface area contributed by atoms with Gasteiger partial charge < -0.3 is 14.2 Å². The highest BCUT2D eigenvalue weighted by atomic mass is 79.9. The first-order valence-corrected chi connectivity index (χ1v) is 15.1. The Kier molecular flexibility index (Phi) is 10.9. The summed E-state index contributed by atoms with van der Waals surface area (Å²) in [6.45, 7) is 4.33. The molecule has 1 heterocycles. The Morgan fingerprint density at radius 3 is 1.64 bits per heavy atom. The number of benzene rings is 4. The second-order valence-electron chi connectivity index (χ2n) is 10.7. The average molecular weight is 637 g/mol. The molecule has 0 spiro atoms. The molecule has 0 amide bonds. The third-order valence-electron chi connectivity index (χ3n) is 7.79. The van der Waals surface area contributed by atoms with Crippen molar-refractivity contribution in [3.63, 3.8) is 0 Å². The molecule has 0 radical (unpaired) electrons. The molecular formula is C35H36BrF2NO3. The van der Waals surface area contributed by atoms with Gasteiger partial charge in [-0.25, -0.2) is 8.78 Å². The summed E-state index contributed by atoms with van der Waals surface area (Å²) < 4.78 is 49.5. The van der Waals surface area contributed by atoms with Crippen molar-refractivity contribution in [3.8, 4) is 0 Å². The molecule has 4 aromatic carbocycles. The van der Waals surface area contributed by atoms with Gasteiger partial charge in [-0.15, -0.1) is 0 Å². The van der Waals surface area contributed by atoms with E-state index in [-0.39, 0.29) is 36.3 Å². The Bertz CT molecular complexity index is 1370. The van der Waals surface area contributed by atoms with E-state index in [9.17, 15) is 8.78 Å². The number of hydrogen-bond donors (Lipinski definition) is 0. The van der Waals surface area contributed by atoms with Crippen molar-refractivity contribution in [2.24, 2.45) is 0 Å². The van der Waals surface area contributed by atoms with Crippen LogP contribution < -0.4 is 0 Å². The van der Waals surface area contributed by atoms with Crippen molar-refractivity contribution in [1.29, 1.82) is 0 Å². The van der Waals surface area contributed by atoms with E-state index in [0.29, 0.717) is 37.4 Å². The lowest BCUT2D eigenvalue weighted by molar-refractivity contribution is -0.200. The van der Waals surface area contributed by atoms with Gasteiger partial charge in [-0.2, -0.15) is 0 Å². The number of halogens is 3. The molecule has 0 unspecified atom stereocenters. The van der Waals surface area contributed by atoms with Crippen molar-refractivity contribution >= 4 is 15.9 Å². The zero-order valence-corrected chi connectivity index (χ0v) is 25.3. The molecule has 1 saturated heterocycles. The van der Waals surface area contributed by atoms with Crippen LogP contribution in [0.5, 0.6) is 0 Å². The van der Waals surface area contributed by atoms with Crippen LogP contribution in [0.2, 0.25) is 0 Å². The smallest absolute Gasteiger partial charge is 0.130 e. The summed E-state index contributed by atoms with van der Waals surface area (Å²) in [5.74, 6) is -1.10. The number of likely N-dealkylation sites (tertiary alicyclic amines) is 1. The summed E-state index contributed by atoms with van der Waals surface area (Å²) in [6.07, 6.45) is -0.805. The highest BCUT2D eigenvalue weighted by Crippen LogP contribution is 2.29. The topological polar surface area (TPSA) is 30.9 Å². The second-order valence-corrected chi connectivity index (χ2v) is 11.6. The highest BCUT2D eigenvalue weighted by Gasteiger charge is 2.44. The summed E-state index contributed by atoms with van der Waals surface area (Å²) in [6, 6.07) is 32.6. The molecular weight excluding hydrogens is 600 g/mol. The van der Waals surface area contributed by atoms with E-state index in [1.165, 1.54) is 12.1 Å². The van der Waals surface area contributed by atoms with Crippen LogP contribution in [0.25, 0.3) is 0 Å². The molecule has 0 bridgehead atoms. The van der Waals surface area contributed by atoms with Gasteiger partial charge in [0.05, 0.1) is 25.9 Å². The average Bonchev–Trinajstić information content (AvgIpc) is 3.00. The molecule has 42 heavy (non-hydrogen) atoms. The summed E-state index contributed by atoms with van der Waals surface area (Å²) in [5.41, 5.74) is 3.27. The van der Waals surface area contributed by atoms with Gasteiger partial charge in [-0.3, -0.25) is 4.90 Å². The molecule has 0 N–H and O–H groups in total. The Balaban J connectivity index is 1.39. The third kappa shape index (κ3) is 8.12. The highest BCUT2D eigenvalue weighted by molar-refractivity contribution is 9.10. The van der Waals surface area contributed by atoms with Crippen molar-refractivity contribution in [2.45, 2.75) is 57.5 Å². The number of ether oxygens (including phenoxy) is 3. The fourth-order valence-corrected chi connectivity index (χ4v) is 5.85. The van der Waals surface area contributed by atoms with Gasteiger partial charge in [0.25, 0.3) is 0 Å². The zero-order chi connectivity index (χ0) is 29.3. The number of nitrogens with zero attached hydrogens (tertiary/aromatic N) is 1. The minimum absolute atomic E-state index is 0.0800. The SMILES string of the molecule is C[C@@H]1[C@@H](OCc2ccccc2)[C@H](OCc2ccccc2)[C@@H](OCc2ccccc2)CN1CCc1c(F)cc(Br)cc1F. The van der Waals surface area contributed by atoms with Crippen molar-refractivity contribution < 1.29 is 23.0 Å². The largest absolute Gasteiger partial charge is 0.369 e. The lowest BCUT2D eigenvalue weighted by Gasteiger charge is -2.47. The van der Waals surface area contributed by atoms with Gasteiger partial charge in [-0.05, 0) is 42.2 Å². The lowest BCUT2D eigenvalue weighted by atomic mass is 9.93. The molecule has 0 saturated carbocycles. The number of piperidine rings is 1. The van der Waals surface area contributed by atoms with Gasteiger partial charge in [0.1, 0.15) is 23.8 Å². The maximum Gasteiger partial charge on any atom is 0.130 e. The zero-order valence-electron chi connectivity index (χ0n) is 23.7. The van der Waals surface area contributed by atoms with Crippen LogP contribution in [0, 0.1) is 11.6 Å². The van der Waals surface area contributed by atoms with Crippen molar-refractivity contribution in [3.05, 3.63) is 141 Å². The minimum atomic E-state index is -0.552. The molecule has 0 aliphatic carbocycles. The fourth-order valence-electron chi connectivity index (χ4n) is 5.45. The van der Waals surface area contributed by atoms with Crippen LogP contribution in [0.4, 0.5) is 8.78 Å². The van der Waals surface area contributed by atoms with Crippen molar-refractivity contribution in [1.82, 2.24) is 4.90 Å². The molecule has 0 aromatic heterocycles. The van der Waals surface area contributed by atoms with Crippen LogP contribution in [0.1, 0.15) is 29.2 Å². The van der Waals surface area contributed by atoms with Gasteiger partial charge >= 0.3 is 0 Å². The quantitative estimate of drug-likeness (QED) is 0.159. The van der Waals surface area contributed by atoms with E-state index in [1.807, 2.05) is 91.0 Å². The Morgan fingerprint density at radius 1 is 0.690 bits per heavy atom. The van der Waals surface area contributed by atoms with Crippen LogP contribution >= 0.6 is 15.9 Å². The van der Waals surface area contributed by atoms with Crippen LogP contribution in [-0.4, -0.2) is 42.3 Å². The number of rotatable bonds is 12. The Hall–Kier alpha value is -2.94. The predicted molar refractivity (Wildman–Crippen MR) is 164 cm³/mol. The van der Waals surface area contributed by atoms with Crippen LogP contribution in [0.15, 0.2) is 108 Å². The first-order chi connectivity index (χ1) is 20.5. The van der Waals surface area contributed by atoms with E-state index in [4.69, 9.17) is 14.2 Å². The molecule has 220 valence electrons. The van der Waals surface area contributed by atoms with Crippen LogP contribution in [-0.2, 0) is 40.5 Å². The monoisotopic (exact) mass is 635 g/mol. The van der Waals surface area contributed by atoms with E-state index in [0.717, 1.165) is 16.7 Å². The molecule has 1 fully saturated rings. The maximum absolute atomic E-state index is 14.7. The molecule has 5 rings (SSSR count). The Labute approximate surface area is 255 Å². The van der Waals surface area contributed by atoms with Gasteiger partial charge in [0.2, 0.25) is 0 Å². The summed E-state index contributed by atoms with van der Waals surface area (Å²) >= 11 is 3.17. The van der Waals surface area contributed by atoms with Crippen LogP contribution in [0.3, 0.4) is 0 Å². The third-order valence-corrected chi connectivity index (χ3v) is 8.25. The Morgan fingerprint density at radius 2 is 1.14 bits per heavy atom. The van der Waals surface area contributed by atoms with E-state index >= 15 is 0 Å². The minimum Gasteiger partial charge on any atom is -0.369 e. The summed E-state index contributed by atoms with van der Waals surface area (Å²) in [5, 5.41) is 0. The fraction of sp³-hybridized carbons (Fsp3) is 0.314. The molecule has 4 nitrogen and oxygen atoms in total. The first kappa shape index (κ1) is 30.5. The summed E-state index contributed by atoms with van der Waals surface area (Å²) in [4.78, 5) is 2.20. The standard InChI is InChI=1S/C35H36BrF2NO3/c1-25-34(41-23-27-13-7-3-8-14-27)35(42-24-28-15-9-4-10-16-28)33(40-22-26-11-5-2-6-12-26)21-39(25)18-17-30-31(37)19-29(36)20-32(30)38/h2-16,19-20,25,33-35H,17-18,21-24H2,1H3/t25-,33+,34-,35-/m1/s1. The van der Waals surface area contributed by atoms with Crippen molar-refractivity contribution in [2.75, 3.05) is 13.1 Å². The first-order valence-electron chi connectivity index (χ1n) is 14.3. The van der Waals surface area contributed by atoms with Gasteiger partial charge in [0, 0.05) is 29.2 Å². The summed E-state index contributed by atoms with van der Waals surface area (Å²) in [7, 11) is 0. The normalized spacial score (nSPS) is 21.0. The van der Waals surface area contributed by atoms with Gasteiger partial charge in [0.15, 0.2) is 0 Å². The van der Waals surface area contributed by atoms with E-state index in [2.05, 4.69) is 27.8 Å².